The Balaban J connectivity index is 1.70. The molecule has 1 amide bonds. The van der Waals surface area contributed by atoms with E-state index in [1.54, 1.807) is 17.8 Å². The maximum atomic E-state index is 13.1. The Morgan fingerprint density at radius 3 is 2.65 bits per heavy atom. The highest BCUT2D eigenvalue weighted by Crippen LogP contribution is 2.43. The first-order valence-electron chi connectivity index (χ1n) is 6.97. The van der Waals surface area contributed by atoms with Gasteiger partial charge in [0, 0.05) is 17.1 Å². The van der Waals surface area contributed by atoms with Crippen molar-refractivity contribution < 1.29 is 23.0 Å². The smallest absolute Gasteiger partial charge is 0.395 e. The predicted octanol–water partition coefficient (Wildman–Crippen LogP) is 4.11. The maximum Gasteiger partial charge on any atom is 0.586 e. The number of halogens is 2. The molecule has 0 aliphatic carbocycles. The van der Waals surface area contributed by atoms with Crippen molar-refractivity contribution in [2.24, 2.45) is 0 Å². The van der Waals surface area contributed by atoms with E-state index in [0.717, 1.165) is 21.7 Å². The van der Waals surface area contributed by atoms with Crippen molar-refractivity contribution in [1.82, 2.24) is 0 Å². The van der Waals surface area contributed by atoms with Crippen LogP contribution in [-0.2, 0) is 4.79 Å². The number of nitrogens with one attached hydrogen (secondary N) is 1. The van der Waals surface area contributed by atoms with Crippen molar-refractivity contribution >= 4 is 23.4 Å². The van der Waals surface area contributed by atoms with E-state index in [1.807, 2.05) is 18.2 Å². The zero-order valence-corrected chi connectivity index (χ0v) is 12.6. The third-order valence-electron chi connectivity index (χ3n) is 3.58. The van der Waals surface area contributed by atoms with E-state index in [-0.39, 0.29) is 17.4 Å². The molecule has 0 saturated heterocycles. The van der Waals surface area contributed by atoms with E-state index in [9.17, 15) is 13.6 Å². The lowest BCUT2D eigenvalue weighted by Gasteiger charge is -2.09. The average Bonchev–Trinajstić information content (AvgIpc) is 2.68. The van der Waals surface area contributed by atoms with Gasteiger partial charge in [0.15, 0.2) is 11.5 Å². The largest absolute Gasteiger partial charge is 0.586 e. The molecule has 7 heteroatoms. The van der Waals surface area contributed by atoms with Crippen LogP contribution in [0, 0.1) is 0 Å². The van der Waals surface area contributed by atoms with Gasteiger partial charge < -0.3 is 14.8 Å². The molecule has 0 radical (unpaired) electrons. The lowest BCUT2D eigenvalue weighted by Crippen LogP contribution is -2.25. The molecule has 2 heterocycles. The monoisotopic (exact) mass is 335 g/mol. The predicted molar refractivity (Wildman–Crippen MR) is 82.1 cm³/mol. The minimum absolute atomic E-state index is 0.00527. The van der Waals surface area contributed by atoms with Gasteiger partial charge in [-0.25, -0.2) is 0 Å². The third kappa shape index (κ3) is 2.72. The number of anilines is 1. The van der Waals surface area contributed by atoms with E-state index < -0.39 is 6.29 Å². The SMILES string of the molecule is O=C1CCSc2cc(-c3ccc4c(c3)OC(F)(F)O4)ccc2N1. The number of alkyl halides is 2. The second-order valence-electron chi connectivity index (χ2n) is 5.19. The van der Waals surface area contributed by atoms with Crippen LogP contribution in [0.5, 0.6) is 11.5 Å². The molecule has 0 bridgehead atoms. The second kappa shape index (κ2) is 5.13. The van der Waals surface area contributed by atoms with Crippen LogP contribution in [0.2, 0.25) is 0 Å². The number of fused-ring (bicyclic) bond motifs is 2. The number of hydrogen-bond acceptors (Lipinski definition) is 4. The Morgan fingerprint density at radius 2 is 1.78 bits per heavy atom. The summed E-state index contributed by atoms with van der Waals surface area (Å²) in [6.45, 7) is 0. The zero-order chi connectivity index (χ0) is 16.0. The van der Waals surface area contributed by atoms with Gasteiger partial charge in [0.1, 0.15) is 0 Å². The lowest BCUT2D eigenvalue weighted by atomic mass is 10.0. The van der Waals surface area contributed by atoms with Crippen molar-refractivity contribution in [3.63, 3.8) is 0 Å². The fourth-order valence-corrected chi connectivity index (χ4v) is 3.51. The van der Waals surface area contributed by atoms with Gasteiger partial charge in [-0.15, -0.1) is 20.5 Å². The summed E-state index contributed by atoms with van der Waals surface area (Å²) < 4.78 is 35.1. The summed E-state index contributed by atoms with van der Waals surface area (Å²) in [5.41, 5.74) is 2.37. The van der Waals surface area contributed by atoms with Crippen LogP contribution in [0.25, 0.3) is 11.1 Å². The number of carbonyl (C=O) groups excluding carboxylic acids is 1. The van der Waals surface area contributed by atoms with Crippen LogP contribution in [0.3, 0.4) is 0 Å². The molecular formula is C16H11F2NO3S. The molecule has 2 aliphatic rings. The highest BCUT2D eigenvalue weighted by molar-refractivity contribution is 7.99. The molecule has 118 valence electrons. The summed E-state index contributed by atoms with van der Waals surface area (Å²) in [5, 5.41) is 2.85. The molecule has 4 nitrogen and oxygen atoms in total. The summed E-state index contributed by atoms with van der Waals surface area (Å²) in [5.74, 6) is 0.739. The molecule has 2 aliphatic heterocycles. The van der Waals surface area contributed by atoms with Gasteiger partial charge in [-0.05, 0) is 35.4 Å². The summed E-state index contributed by atoms with van der Waals surface area (Å²) in [7, 11) is 0. The lowest BCUT2D eigenvalue weighted by molar-refractivity contribution is -0.286. The first-order valence-corrected chi connectivity index (χ1v) is 7.96. The molecule has 1 N–H and O–H groups in total. The Labute approximate surface area is 134 Å². The first-order chi connectivity index (χ1) is 11.0. The third-order valence-corrected chi connectivity index (χ3v) is 4.63. The molecule has 2 aromatic rings. The molecule has 0 spiro atoms. The summed E-state index contributed by atoms with van der Waals surface area (Å²) in [6.07, 6.45) is -3.15. The fourth-order valence-electron chi connectivity index (χ4n) is 2.52. The first kappa shape index (κ1) is 14.3. The highest BCUT2D eigenvalue weighted by atomic mass is 32.2. The Hall–Kier alpha value is -2.28. The number of amides is 1. The van der Waals surface area contributed by atoms with Crippen molar-refractivity contribution in [3.8, 4) is 22.6 Å². The molecular weight excluding hydrogens is 324 g/mol. The van der Waals surface area contributed by atoms with E-state index in [2.05, 4.69) is 14.8 Å². The number of thioether (sulfide) groups is 1. The maximum absolute atomic E-state index is 13.1. The van der Waals surface area contributed by atoms with Crippen LogP contribution in [0.1, 0.15) is 6.42 Å². The van der Waals surface area contributed by atoms with Gasteiger partial charge >= 0.3 is 6.29 Å². The molecule has 0 unspecified atom stereocenters. The molecule has 2 aromatic carbocycles. The van der Waals surface area contributed by atoms with Crippen LogP contribution < -0.4 is 14.8 Å². The average molecular weight is 335 g/mol. The van der Waals surface area contributed by atoms with E-state index in [4.69, 9.17) is 0 Å². The van der Waals surface area contributed by atoms with Gasteiger partial charge in [0.25, 0.3) is 0 Å². The zero-order valence-electron chi connectivity index (χ0n) is 11.8. The molecule has 4 rings (SSSR count). The molecule has 0 atom stereocenters. The number of carbonyl (C=O) groups is 1. The van der Waals surface area contributed by atoms with Crippen LogP contribution in [-0.4, -0.2) is 18.0 Å². The van der Waals surface area contributed by atoms with Gasteiger partial charge in [-0.3, -0.25) is 4.79 Å². The molecule has 0 aromatic heterocycles. The summed E-state index contributed by atoms with van der Waals surface area (Å²) in [6, 6.07) is 10.3. The fraction of sp³-hybridized carbons (Fsp3) is 0.188. The van der Waals surface area contributed by atoms with Crippen molar-refractivity contribution in [3.05, 3.63) is 36.4 Å². The van der Waals surface area contributed by atoms with Crippen molar-refractivity contribution in [2.75, 3.05) is 11.1 Å². The summed E-state index contributed by atoms with van der Waals surface area (Å²) in [4.78, 5) is 12.5. The van der Waals surface area contributed by atoms with Gasteiger partial charge in [-0.2, -0.15) is 0 Å². The van der Waals surface area contributed by atoms with Gasteiger partial charge in [0.05, 0.1) is 5.69 Å². The van der Waals surface area contributed by atoms with Crippen molar-refractivity contribution in [1.29, 1.82) is 0 Å². The van der Waals surface area contributed by atoms with E-state index in [1.165, 1.54) is 12.1 Å². The van der Waals surface area contributed by atoms with E-state index in [0.29, 0.717) is 12.2 Å². The van der Waals surface area contributed by atoms with Crippen molar-refractivity contribution in [2.45, 2.75) is 17.6 Å². The standard InChI is InChI=1S/C16H11F2NO3S/c17-16(18)21-12-4-2-9(7-13(12)22-16)10-1-3-11-14(8-10)23-6-5-15(20)19-11/h1-4,7-8H,5-6H2,(H,19,20). The van der Waals surface area contributed by atoms with Gasteiger partial charge in [-0.1, -0.05) is 12.1 Å². The minimum Gasteiger partial charge on any atom is -0.395 e. The number of ether oxygens (including phenoxy) is 2. The van der Waals surface area contributed by atoms with Crippen LogP contribution >= 0.6 is 11.8 Å². The van der Waals surface area contributed by atoms with Crippen LogP contribution in [0.4, 0.5) is 14.5 Å². The quantitative estimate of drug-likeness (QED) is 0.852. The Morgan fingerprint density at radius 1 is 1.04 bits per heavy atom. The van der Waals surface area contributed by atoms with Gasteiger partial charge in [0.2, 0.25) is 5.91 Å². The molecule has 23 heavy (non-hydrogen) atoms. The normalized spacial score (nSPS) is 18.1. The number of hydrogen-bond donors (Lipinski definition) is 1. The number of rotatable bonds is 1. The minimum atomic E-state index is -3.62. The molecule has 0 saturated carbocycles. The highest BCUT2D eigenvalue weighted by Gasteiger charge is 2.43. The Kier molecular flexibility index (Phi) is 3.19. The molecule has 0 fully saturated rings. The Bertz CT molecular complexity index is 810. The van der Waals surface area contributed by atoms with E-state index >= 15 is 0 Å². The summed E-state index contributed by atoms with van der Waals surface area (Å²) >= 11 is 1.59. The van der Waals surface area contributed by atoms with Crippen LogP contribution in [0.15, 0.2) is 41.3 Å². The number of benzene rings is 2. The second-order valence-corrected chi connectivity index (χ2v) is 6.32. The topological polar surface area (TPSA) is 47.6 Å².